The predicted molar refractivity (Wildman–Crippen MR) is 139 cm³/mol. The fraction of sp³-hybridized carbons (Fsp3) is 0.821. The van der Waals surface area contributed by atoms with Crippen LogP contribution in [0.15, 0.2) is 12.3 Å². The molecule has 1 aromatic heterocycles. The molecule has 5 rings (SSSR count). The molecular weight excluding hydrogens is 454 g/mol. The maximum atomic E-state index is 13.1. The zero-order valence-electron chi connectivity index (χ0n) is 22.4. The van der Waals surface area contributed by atoms with Gasteiger partial charge in [0.25, 0.3) is 5.91 Å². The van der Waals surface area contributed by atoms with E-state index in [2.05, 4.69) is 21.8 Å². The number of aromatic nitrogens is 2. The maximum Gasteiger partial charge on any atom is 0.410 e. The van der Waals surface area contributed by atoms with Gasteiger partial charge in [-0.2, -0.15) is 5.10 Å². The molecule has 0 bridgehead atoms. The number of likely N-dealkylation sites (tertiary alicyclic amines) is 2. The molecule has 0 N–H and O–H groups in total. The van der Waals surface area contributed by atoms with Gasteiger partial charge in [-0.05, 0) is 44.1 Å². The van der Waals surface area contributed by atoms with Crippen LogP contribution in [0.25, 0.3) is 0 Å². The quantitative estimate of drug-likeness (QED) is 0.554. The van der Waals surface area contributed by atoms with Crippen LogP contribution in [0.5, 0.6) is 0 Å². The van der Waals surface area contributed by atoms with Crippen LogP contribution >= 0.6 is 0 Å². The summed E-state index contributed by atoms with van der Waals surface area (Å²) in [5.74, 6) is 0.686. The molecule has 1 aliphatic carbocycles. The molecule has 8 nitrogen and oxygen atoms in total. The third kappa shape index (κ3) is 5.29. The van der Waals surface area contributed by atoms with E-state index in [0.29, 0.717) is 17.7 Å². The van der Waals surface area contributed by atoms with Gasteiger partial charge in [-0.25, -0.2) is 4.79 Å². The molecule has 4 heterocycles. The maximum absolute atomic E-state index is 13.1. The zero-order valence-corrected chi connectivity index (χ0v) is 22.4. The molecule has 3 saturated heterocycles. The summed E-state index contributed by atoms with van der Waals surface area (Å²) >= 11 is 0. The van der Waals surface area contributed by atoms with Crippen molar-refractivity contribution in [1.29, 1.82) is 0 Å². The second kappa shape index (κ2) is 11.1. The molecule has 0 radical (unpaired) electrons. The van der Waals surface area contributed by atoms with Crippen LogP contribution in [-0.2, 0) is 11.8 Å². The van der Waals surface area contributed by atoms with Crippen molar-refractivity contribution in [1.82, 2.24) is 24.5 Å². The normalized spacial score (nSPS) is 26.1. The Labute approximate surface area is 216 Å². The molecule has 1 saturated carbocycles. The molecular formula is C28H45N5O3. The summed E-state index contributed by atoms with van der Waals surface area (Å²) in [6.07, 6.45) is 15.5. The summed E-state index contributed by atoms with van der Waals surface area (Å²) in [7, 11) is 1.84. The standard InChI is InChI=1S/C28H45N5O3/c1-3-4-10-25-28(36-27(35)33(25)21-22-8-6-5-7-9-22)14-19-31(20-15-28)23-11-17-32(18-12-23)26(34)24-13-16-30(2)29-24/h13,16,22-23,25H,3-12,14-15,17-21H2,1-2H3. The number of hydrogen-bond donors (Lipinski definition) is 0. The smallest absolute Gasteiger partial charge is 0.410 e. The van der Waals surface area contributed by atoms with E-state index in [9.17, 15) is 9.59 Å². The minimum Gasteiger partial charge on any atom is -0.440 e. The minimum atomic E-state index is -0.312. The van der Waals surface area contributed by atoms with Gasteiger partial charge >= 0.3 is 6.09 Å². The highest BCUT2D eigenvalue weighted by Crippen LogP contribution is 2.42. The van der Waals surface area contributed by atoms with Crippen LogP contribution in [0.2, 0.25) is 0 Å². The van der Waals surface area contributed by atoms with Crippen LogP contribution in [0.1, 0.15) is 94.5 Å². The lowest BCUT2D eigenvalue weighted by Gasteiger charge is -2.46. The summed E-state index contributed by atoms with van der Waals surface area (Å²) in [4.78, 5) is 32.6. The van der Waals surface area contributed by atoms with Crippen molar-refractivity contribution < 1.29 is 14.3 Å². The number of ether oxygens (including phenoxy) is 1. The largest absolute Gasteiger partial charge is 0.440 e. The van der Waals surface area contributed by atoms with Crippen molar-refractivity contribution in [2.45, 2.75) is 102 Å². The molecule has 1 unspecified atom stereocenters. The Morgan fingerprint density at radius 3 is 2.44 bits per heavy atom. The molecule has 200 valence electrons. The Hall–Kier alpha value is -2.09. The van der Waals surface area contributed by atoms with Crippen molar-refractivity contribution in [3.05, 3.63) is 18.0 Å². The number of unbranched alkanes of at least 4 members (excludes halogenated alkanes) is 1. The van der Waals surface area contributed by atoms with Gasteiger partial charge < -0.3 is 14.5 Å². The second-order valence-corrected chi connectivity index (χ2v) is 11.7. The summed E-state index contributed by atoms with van der Waals surface area (Å²) < 4.78 is 7.97. The number of aryl methyl sites for hydroxylation is 1. The summed E-state index contributed by atoms with van der Waals surface area (Å²) in [6.45, 7) is 6.65. The molecule has 2 amide bonds. The topological polar surface area (TPSA) is 70.9 Å². The molecule has 1 spiro atoms. The summed E-state index contributed by atoms with van der Waals surface area (Å²) in [6, 6.07) is 2.53. The van der Waals surface area contributed by atoms with Gasteiger partial charge in [0, 0.05) is 64.9 Å². The molecule has 4 aliphatic rings. The van der Waals surface area contributed by atoms with Gasteiger partial charge in [-0.1, -0.05) is 39.0 Å². The van der Waals surface area contributed by atoms with Crippen molar-refractivity contribution in [3.63, 3.8) is 0 Å². The molecule has 8 heteroatoms. The van der Waals surface area contributed by atoms with Gasteiger partial charge in [-0.15, -0.1) is 0 Å². The van der Waals surface area contributed by atoms with Crippen molar-refractivity contribution in [3.8, 4) is 0 Å². The van der Waals surface area contributed by atoms with E-state index in [1.807, 2.05) is 18.1 Å². The number of hydrogen-bond acceptors (Lipinski definition) is 5. The molecule has 4 fully saturated rings. The first kappa shape index (κ1) is 25.6. The monoisotopic (exact) mass is 499 g/mol. The molecule has 1 aromatic rings. The molecule has 1 atom stereocenters. The molecule has 0 aromatic carbocycles. The van der Waals surface area contributed by atoms with E-state index in [1.165, 1.54) is 32.1 Å². The van der Waals surface area contributed by atoms with Gasteiger partial charge in [0.2, 0.25) is 0 Å². The Morgan fingerprint density at radius 1 is 1.08 bits per heavy atom. The lowest BCUT2D eigenvalue weighted by Crippen LogP contribution is -2.56. The Balaban J connectivity index is 1.17. The fourth-order valence-corrected chi connectivity index (χ4v) is 7.21. The highest BCUT2D eigenvalue weighted by Gasteiger charge is 2.55. The van der Waals surface area contributed by atoms with Crippen LogP contribution in [-0.4, -0.2) is 86.9 Å². The number of amides is 2. The Bertz CT molecular complexity index is 895. The van der Waals surface area contributed by atoms with E-state index in [1.54, 1.807) is 10.7 Å². The number of carbonyl (C=O) groups excluding carboxylic acids is 2. The first-order valence-corrected chi connectivity index (χ1v) is 14.5. The Kier molecular flexibility index (Phi) is 7.89. The van der Waals surface area contributed by atoms with Gasteiger partial charge in [0.05, 0.1) is 6.04 Å². The first-order chi connectivity index (χ1) is 17.5. The number of rotatable bonds is 7. The van der Waals surface area contributed by atoms with E-state index in [4.69, 9.17) is 4.74 Å². The van der Waals surface area contributed by atoms with Crippen LogP contribution in [0.3, 0.4) is 0 Å². The molecule has 36 heavy (non-hydrogen) atoms. The number of nitrogens with zero attached hydrogens (tertiary/aromatic N) is 5. The predicted octanol–water partition coefficient (Wildman–Crippen LogP) is 4.45. The van der Waals surface area contributed by atoms with Crippen molar-refractivity contribution in [2.24, 2.45) is 13.0 Å². The lowest BCUT2D eigenvalue weighted by molar-refractivity contribution is -0.0386. The van der Waals surface area contributed by atoms with Gasteiger partial charge in [0.1, 0.15) is 11.3 Å². The van der Waals surface area contributed by atoms with Crippen molar-refractivity contribution in [2.75, 3.05) is 32.7 Å². The highest BCUT2D eigenvalue weighted by atomic mass is 16.6. The van der Waals surface area contributed by atoms with Crippen molar-refractivity contribution >= 4 is 12.0 Å². The van der Waals surface area contributed by atoms with Crippen LogP contribution in [0, 0.1) is 5.92 Å². The third-order valence-corrected chi connectivity index (χ3v) is 9.36. The van der Waals surface area contributed by atoms with Gasteiger partial charge in [0.15, 0.2) is 0 Å². The van der Waals surface area contributed by atoms with Gasteiger partial charge in [-0.3, -0.25) is 14.4 Å². The van der Waals surface area contributed by atoms with E-state index in [0.717, 1.165) is 77.7 Å². The SMILES string of the molecule is CCCCC1N(CC2CCCCC2)C(=O)OC12CCN(C1CCN(C(=O)c3ccn(C)n3)CC1)CC2. The summed E-state index contributed by atoms with van der Waals surface area (Å²) in [5.41, 5.74) is 0.224. The highest BCUT2D eigenvalue weighted by molar-refractivity contribution is 5.92. The minimum absolute atomic E-state index is 0.0429. The van der Waals surface area contributed by atoms with Crippen LogP contribution in [0.4, 0.5) is 4.79 Å². The first-order valence-electron chi connectivity index (χ1n) is 14.5. The van der Waals surface area contributed by atoms with E-state index >= 15 is 0 Å². The average molecular weight is 500 g/mol. The number of carbonyl (C=O) groups is 2. The van der Waals surface area contributed by atoms with Crippen LogP contribution < -0.4 is 0 Å². The fourth-order valence-electron chi connectivity index (χ4n) is 7.21. The average Bonchev–Trinajstić information content (AvgIpc) is 3.44. The molecule has 3 aliphatic heterocycles. The summed E-state index contributed by atoms with van der Waals surface area (Å²) in [5, 5.41) is 4.28. The van der Waals surface area contributed by atoms with E-state index < -0.39 is 0 Å². The lowest BCUT2D eigenvalue weighted by atomic mass is 9.80. The number of piperidine rings is 2. The van der Waals surface area contributed by atoms with E-state index in [-0.39, 0.29) is 23.6 Å². The zero-order chi connectivity index (χ0) is 25.1. The Morgan fingerprint density at radius 2 is 1.81 bits per heavy atom. The second-order valence-electron chi connectivity index (χ2n) is 11.7. The third-order valence-electron chi connectivity index (χ3n) is 9.36.